The average molecular weight is 392 g/mol. The Morgan fingerprint density at radius 2 is 1.96 bits per heavy atom. The number of pyridine rings is 2. The van der Waals surface area contributed by atoms with E-state index in [1.165, 1.54) is 0 Å². The molecule has 0 atom stereocenters. The zero-order chi connectivity index (χ0) is 18.9. The maximum absolute atomic E-state index is 5.74. The highest BCUT2D eigenvalue weighted by molar-refractivity contribution is 7.21. The molecular weight excluding hydrogens is 372 g/mol. The number of fused-ring (bicyclic) bond motifs is 1. The van der Waals surface area contributed by atoms with Crippen molar-refractivity contribution in [3.8, 4) is 0 Å². The second-order valence-electron chi connectivity index (χ2n) is 6.65. The van der Waals surface area contributed by atoms with Gasteiger partial charge in [-0.15, -0.1) is 0 Å². The van der Waals surface area contributed by atoms with Crippen molar-refractivity contribution < 1.29 is 4.74 Å². The van der Waals surface area contributed by atoms with Crippen molar-refractivity contribution in [1.82, 2.24) is 15.0 Å². The minimum atomic E-state index is 0.516. The molecule has 8 heteroatoms. The van der Waals surface area contributed by atoms with Crippen molar-refractivity contribution >= 4 is 44.1 Å². The molecule has 0 radical (unpaired) electrons. The zero-order valence-electron chi connectivity index (χ0n) is 15.3. The molecule has 0 saturated carbocycles. The van der Waals surface area contributed by atoms with Gasteiger partial charge in [-0.2, -0.15) is 0 Å². The summed E-state index contributed by atoms with van der Waals surface area (Å²) in [4.78, 5) is 19.3. The first-order valence-electron chi connectivity index (χ1n) is 9.24. The number of anilines is 3. The molecule has 3 aromatic rings. The van der Waals surface area contributed by atoms with E-state index in [2.05, 4.69) is 39.1 Å². The van der Waals surface area contributed by atoms with Gasteiger partial charge in [-0.05, 0) is 30.3 Å². The number of nitrogens with two attached hydrogens (primary N) is 1. The number of allylic oxidation sites excluding steroid dienone is 2. The van der Waals surface area contributed by atoms with Gasteiger partial charge in [0, 0.05) is 31.4 Å². The summed E-state index contributed by atoms with van der Waals surface area (Å²) in [6.07, 6.45) is 8.05. The van der Waals surface area contributed by atoms with Crippen molar-refractivity contribution in [2.24, 2.45) is 0 Å². The van der Waals surface area contributed by atoms with Gasteiger partial charge in [0.1, 0.15) is 22.0 Å². The number of thiazole rings is 1. The van der Waals surface area contributed by atoms with Crippen LogP contribution in [0.3, 0.4) is 0 Å². The van der Waals surface area contributed by atoms with Gasteiger partial charge in [0.05, 0.1) is 18.9 Å². The molecule has 0 aliphatic carbocycles. The zero-order valence-corrected chi connectivity index (χ0v) is 16.1. The van der Waals surface area contributed by atoms with Crippen LogP contribution in [0, 0.1) is 0 Å². The van der Waals surface area contributed by atoms with Gasteiger partial charge in [-0.3, -0.25) is 0 Å². The Bertz CT molecular complexity index is 1050. The Hall–Kier alpha value is -2.97. The summed E-state index contributed by atoms with van der Waals surface area (Å²) in [5.74, 6) is 1.42. The molecule has 0 amide bonds. The molecule has 1 fully saturated rings. The Kier molecular flexibility index (Phi) is 4.42. The fourth-order valence-electron chi connectivity index (χ4n) is 3.38. The molecule has 2 aliphatic heterocycles. The van der Waals surface area contributed by atoms with Crippen LogP contribution < -0.4 is 15.5 Å². The first-order valence-corrected chi connectivity index (χ1v) is 10.1. The topological polar surface area (TPSA) is 80.4 Å². The maximum Gasteiger partial charge on any atom is 0.188 e. The summed E-state index contributed by atoms with van der Waals surface area (Å²) in [5.41, 5.74) is 8.74. The monoisotopic (exact) mass is 392 g/mol. The third kappa shape index (κ3) is 3.21. The molecule has 142 valence electrons. The molecule has 1 saturated heterocycles. The van der Waals surface area contributed by atoms with Crippen LogP contribution in [-0.2, 0) is 4.74 Å². The third-order valence-corrected chi connectivity index (χ3v) is 5.86. The van der Waals surface area contributed by atoms with E-state index in [0.29, 0.717) is 5.82 Å². The predicted octanol–water partition coefficient (Wildman–Crippen LogP) is 2.92. The van der Waals surface area contributed by atoms with E-state index >= 15 is 0 Å². The smallest absolute Gasteiger partial charge is 0.188 e. The quantitative estimate of drug-likeness (QED) is 0.734. The summed E-state index contributed by atoms with van der Waals surface area (Å²) in [5, 5.41) is 1.01. The van der Waals surface area contributed by atoms with E-state index in [4.69, 9.17) is 20.4 Å². The highest BCUT2D eigenvalue weighted by atomic mass is 32.1. The Labute approximate surface area is 166 Å². The Morgan fingerprint density at radius 1 is 1.07 bits per heavy atom. The fraction of sp³-hybridized carbons (Fsp3) is 0.250. The summed E-state index contributed by atoms with van der Waals surface area (Å²) in [6.45, 7) is 4.00. The van der Waals surface area contributed by atoms with Crippen molar-refractivity contribution in [2.45, 2.75) is 0 Å². The number of hydrogen-bond donors (Lipinski definition) is 1. The Balaban J connectivity index is 1.48. The van der Waals surface area contributed by atoms with E-state index < -0.39 is 0 Å². The van der Waals surface area contributed by atoms with Gasteiger partial charge in [0.15, 0.2) is 5.13 Å². The minimum Gasteiger partial charge on any atom is -0.384 e. The van der Waals surface area contributed by atoms with Gasteiger partial charge >= 0.3 is 0 Å². The third-order valence-electron chi connectivity index (χ3n) is 4.84. The maximum atomic E-state index is 5.74. The van der Waals surface area contributed by atoms with Crippen molar-refractivity contribution in [3.63, 3.8) is 0 Å². The number of ether oxygens (including phenoxy) is 1. The van der Waals surface area contributed by atoms with Crippen LogP contribution in [0.2, 0.25) is 0 Å². The molecule has 0 aromatic carbocycles. The van der Waals surface area contributed by atoms with E-state index in [9.17, 15) is 0 Å². The van der Waals surface area contributed by atoms with Gasteiger partial charge in [-0.1, -0.05) is 23.5 Å². The van der Waals surface area contributed by atoms with Crippen molar-refractivity contribution in [3.05, 3.63) is 54.3 Å². The summed E-state index contributed by atoms with van der Waals surface area (Å²) >= 11 is 1.64. The van der Waals surface area contributed by atoms with Gasteiger partial charge in [0.2, 0.25) is 0 Å². The second kappa shape index (κ2) is 7.21. The standard InChI is InChI=1S/C20H20N6OS/c21-17-6-4-14(13-22-17)16-3-1-2-8-26(16)18-7-5-15-19(24-18)28-20(23-15)25-9-11-27-12-10-25/h1-7,13H,8-12H2,(H2,21,22). The van der Waals surface area contributed by atoms with E-state index in [1.807, 2.05) is 18.2 Å². The fourth-order valence-corrected chi connectivity index (χ4v) is 4.36. The number of rotatable bonds is 3. The van der Waals surface area contributed by atoms with Crippen molar-refractivity contribution in [2.75, 3.05) is 48.4 Å². The summed E-state index contributed by atoms with van der Waals surface area (Å²) in [7, 11) is 0. The molecule has 0 unspecified atom stereocenters. The lowest BCUT2D eigenvalue weighted by Gasteiger charge is -2.27. The first-order chi connectivity index (χ1) is 13.8. The van der Waals surface area contributed by atoms with Crippen molar-refractivity contribution in [1.29, 1.82) is 0 Å². The second-order valence-corrected chi connectivity index (χ2v) is 7.61. The highest BCUT2D eigenvalue weighted by Gasteiger charge is 2.19. The molecule has 3 aromatic heterocycles. The molecule has 5 rings (SSSR count). The molecular formula is C20H20N6OS. The first kappa shape index (κ1) is 17.2. The largest absolute Gasteiger partial charge is 0.384 e. The van der Waals surface area contributed by atoms with Gasteiger partial charge in [-0.25, -0.2) is 15.0 Å². The normalized spacial score (nSPS) is 17.2. The van der Waals surface area contributed by atoms with Crippen LogP contribution in [0.1, 0.15) is 5.56 Å². The molecule has 5 heterocycles. The lowest BCUT2D eigenvalue weighted by molar-refractivity contribution is 0.122. The van der Waals surface area contributed by atoms with E-state index in [1.54, 1.807) is 17.5 Å². The number of nitrogen functional groups attached to an aromatic ring is 1. The molecule has 2 N–H and O–H groups in total. The Morgan fingerprint density at radius 3 is 2.79 bits per heavy atom. The average Bonchev–Trinajstić information content (AvgIpc) is 3.18. The van der Waals surface area contributed by atoms with Gasteiger partial charge < -0.3 is 20.3 Å². The lowest BCUT2D eigenvalue weighted by Crippen LogP contribution is -2.36. The molecule has 28 heavy (non-hydrogen) atoms. The van der Waals surface area contributed by atoms with Crippen LogP contribution in [0.5, 0.6) is 0 Å². The summed E-state index contributed by atoms with van der Waals surface area (Å²) < 4.78 is 5.44. The van der Waals surface area contributed by atoms with Crippen LogP contribution in [-0.4, -0.2) is 47.8 Å². The molecule has 7 nitrogen and oxygen atoms in total. The van der Waals surface area contributed by atoms with Crippen LogP contribution >= 0.6 is 11.3 Å². The predicted molar refractivity (Wildman–Crippen MR) is 114 cm³/mol. The van der Waals surface area contributed by atoms with E-state index in [-0.39, 0.29) is 0 Å². The lowest BCUT2D eigenvalue weighted by atomic mass is 10.1. The van der Waals surface area contributed by atoms with E-state index in [0.717, 1.165) is 65.4 Å². The van der Waals surface area contributed by atoms with Crippen LogP contribution in [0.25, 0.3) is 16.0 Å². The minimum absolute atomic E-state index is 0.516. The SMILES string of the molecule is Nc1ccc(C2=CC=CCN2c2ccc3nc(N4CCOCC4)sc3n2)cn1. The highest BCUT2D eigenvalue weighted by Crippen LogP contribution is 2.32. The molecule has 0 bridgehead atoms. The summed E-state index contributed by atoms with van der Waals surface area (Å²) in [6, 6.07) is 7.89. The van der Waals surface area contributed by atoms with Gasteiger partial charge in [0.25, 0.3) is 0 Å². The molecule has 2 aliphatic rings. The number of nitrogens with zero attached hydrogens (tertiary/aromatic N) is 5. The number of aromatic nitrogens is 3. The van der Waals surface area contributed by atoms with Crippen LogP contribution in [0.4, 0.5) is 16.8 Å². The van der Waals surface area contributed by atoms with Crippen LogP contribution in [0.15, 0.2) is 48.7 Å². The molecule has 0 spiro atoms. The number of hydrogen-bond acceptors (Lipinski definition) is 8. The number of morpholine rings is 1.